The van der Waals surface area contributed by atoms with Gasteiger partial charge in [0.1, 0.15) is 0 Å². The van der Waals surface area contributed by atoms with E-state index in [1.165, 1.54) is 0 Å². The van der Waals surface area contributed by atoms with Crippen LogP contribution in [0, 0.1) is 0 Å². The molecule has 0 spiro atoms. The molecule has 0 fully saturated rings. The van der Waals surface area contributed by atoms with Crippen molar-refractivity contribution in [3.63, 3.8) is 0 Å². The second kappa shape index (κ2) is 7.08. The van der Waals surface area contributed by atoms with Gasteiger partial charge in [-0.25, -0.2) is 0 Å². The van der Waals surface area contributed by atoms with Gasteiger partial charge in [-0.3, -0.25) is 0 Å². The lowest BCUT2D eigenvalue weighted by molar-refractivity contribution is -0.111. The van der Waals surface area contributed by atoms with Crippen LogP contribution < -0.4 is 0 Å². The lowest BCUT2D eigenvalue weighted by atomic mass is 10.1. The molecule has 0 heterocycles. The van der Waals surface area contributed by atoms with Gasteiger partial charge in [-0.15, -0.1) is 0 Å². The minimum absolute atomic E-state index is 0.418. The molecular weight excluding hydrogens is 288 g/mol. The van der Waals surface area contributed by atoms with E-state index in [2.05, 4.69) is 15.9 Å². The number of halogens is 1. The summed E-state index contributed by atoms with van der Waals surface area (Å²) in [6.45, 7) is 0. The van der Waals surface area contributed by atoms with Crippen molar-refractivity contribution in [2.75, 3.05) is 28.4 Å². The predicted octanol–water partition coefficient (Wildman–Crippen LogP) is 3.03. The summed E-state index contributed by atoms with van der Waals surface area (Å²) < 4.78 is 21.8. The molecule has 17 heavy (non-hydrogen) atoms. The van der Waals surface area contributed by atoms with Crippen LogP contribution in [0.15, 0.2) is 22.7 Å². The Hall–Kier alpha value is -0.460. The summed E-state index contributed by atoms with van der Waals surface area (Å²) in [5.41, 5.74) is 1.79. The topological polar surface area (TPSA) is 36.9 Å². The molecule has 0 N–H and O–H groups in total. The molecular formula is C12H17BrO4. The van der Waals surface area contributed by atoms with Crippen LogP contribution in [0.25, 0.3) is 0 Å². The molecule has 0 amide bonds. The third-order valence-corrected chi connectivity index (χ3v) is 3.34. The van der Waals surface area contributed by atoms with E-state index in [1.54, 1.807) is 28.4 Å². The van der Waals surface area contributed by atoms with Gasteiger partial charge in [0.15, 0.2) is 12.6 Å². The third kappa shape index (κ3) is 3.26. The van der Waals surface area contributed by atoms with E-state index < -0.39 is 12.6 Å². The van der Waals surface area contributed by atoms with Crippen molar-refractivity contribution in [3.05, 3.63) is 33.8 Å². The molecule has 0 atom stereocenters. The summed E-state index contributed by atoms with van der Waals surface area (Å²) in [7, 11) is 6.38. The number of methoxy groups -OCH3 is 4. The largest absolute Gasteiger partial charge is 0.352 e. The fourth-order valence-electron chi connectivity index (χ4n) is 1.63. The molecule has 0 unspecified atom stereocenters. The molecule has 0 radical (unpaired) electrons. The highest BCUT2D eigenvalue weighted by atomic mass is 79.9. The van der Waals surface area contributed by atoms with E-state index in [-0.39, 0.29) is 0 Å². The van der Waals surface area contributed by atoms with Crippen molar-refractivity contribution in [2.24, 2.45) is 0 Å². The van der Waals surface area contributed by atoms with Crippen LogP contribution in [0.3, 0.4) is 0 Å². The zero-order valence-corrected chi connectivity index (χ0v) is 12.0. The summed E-state index contributed by atoms with van der Waals surface area (Å²) in [6, 6.07) is 5.76. The summed E-state index contributed by atoms with van der Waals surface area (Å²) in [4.78, 5) is 0. The van der Waals surface area contributed by atoms with Crippen molar-refractivity contribution in [1.82, 2.24) is 0 Å². The van der Waals surface area contributed by atoms with Crippen molar-refractivity contribution in [1.29, 1.82) is 0 Å². The highest BCUT2D eigenvalue weighted by molar-refractivity contribution is 9.10. The Morgan fingerprint density at radius 1 is 0.824 bits per heavy atom. The molecule has 0 bridgehead atoms. The predicted molar refractivity (Wildman–Crippen MR) is 67.7 cm³/mol. The van der Waals surface area contributed by atoms with E-state index in [9.17, 15) is 0 Å². The Bertz CT molecular complexity index is 318. The van der Waals surface area contributed by atoms with Crippen molar-refractivity contribution < 1.29 is 18.9 Å². The van der Waals surface area contributed by atoms with Crippen LogP contribution in [0.2, 0.25) is 0 Å². The second-order valence-corrected chi connectivity index (χ2v) is 4.15. The van der Waals surface area contributed by atoms with Gasteiger partial charge in [0.05, 0.1) is 0 Å². The first-order valence-electron chi connectivity index (χ1n) is 5.09. The molecule has 96 valence electrons. The minimum atomic E-state index is -0.418. The van der Waals surface area contributed by atoms with Crippen molar-refractivity contribution in [3.8, 4) is 0 Å². The Labute approximate surface area is 110 Å². The summed E-state index contributed by atoms with van der Waals surface area (Å²) in [6.07, 6.45) is -0.836. The molecule has 0 saturated heterocycles. The van der Waals surface area contributed by atoms with E-state index >= 15 is 0 Å². The van der Waals surface area contributed by atoms with Gasteiger partial charge in [0, 0.05) is 44.0 Å². The monoisotopic (exact) mass is 304 g/mol. The quantitative estimate of drug-likeness (QED) is 0.757. The molecule has 1 aromatic carbocycles. The fourth-order valence-corrected chi connectivity index (χ4v) is 2.27. The van der Waals surface area contributed by atoms with Gasteiger partial charge in [-0.05, 0) is 15.9 Å². The molecule has 0 aliphatic carbocycles. The number of ether oxygens (including phenoxy) is 4. The molecule has 0 aliphatic rings. The molecule has 0 saturated carbocycles. The molecule has 5 heteroatoms. The summed E-state index contributed by atoms with van der Waals surface area (Å²) in [5.74, 6) is 0. The van der Waals surface area contributed by atoms with Crippen molar-refractivity contribution in [2.45, 2.75) is 12.6 Å². The first kappa shape index (κ1) is 14.6. The van der Waals surface area contributed by atoms with Crippen LogP contribution in [-0.4, -0.2) is 28.4 Å². The normalized spacial score (nSPS) is 11.5. The molecule has 1 rings (SSSR count). The molecule has 1 aromatic rings. The third-order valence-electron chi connectivity index (χ3n) is 2.42. The Balaban J connectivity index is 3.14. The van der Waals surface area contributed by atoms with Crippen LogP contribution in [0.5, 0.6) is 0 Å². The smallest absolute Gasteiger partial charge is 0.184 e. The van der Waals surface area contributed by atoms with Crippen LogP contribution in [0.4, 0.5) is 0 Å². The Morgan fingerprint density at radius 2 is 1.18 bits per heavy atom. The first-order chi connectivity index (χ1) is 8.19. The summed E-state index contributed by atoms with van der Waals surface area (Å²) >= 11 is 3.53. The van der Waals surface area contributed by atoms with Gasteiger partial charge in [0.2, 0.25) is 0 Å². The fraction of sp³-hybridized carbons (Fsp3) is 0.500. The Morgan fingerprint density at radius 3 is 1.47 bits per heavy atom. The van der Waals surface area contributed by atoms with Gasteiger partial charge in [-0.2, -0.15) is 0 Å². The maximum Gasteiger partial charge on any atom is 0.184 e. The number of hydrogen-bond donors (Lipinski definition) is 0. The number of hydrogen-bond acceptors (Lipinski definition) is 4. The van der Waals surface area contributed by atoms with Crippen LogP contribution in [-0.2, 0) is 18.9 Å². The first-order valence-corrected chi connectivity index (χ1v) is 5.88. The summed E-state index contributed by atoms with van der Waals surface area (Å²) in [5, 5.41) is 0. The van der Waals surface area contributed by atoms with Gasteiger partial charge in [0.25, 0.3) is 0 Å². The standard InChI is InChI=1S/C12H17BrO4/c1-14-11(15-2)8-6-5-7-9(10(8)13)12(16-3)17-4/h5-7,11-12H,1-4H3. The average molecular weight is 305 g/mol. The molecule has 0 aromatic heterocycles. The molecule has 0 aliphatic heterocycles. The lowest BCUT2D eigenvalue weighted by Crippen LogP contribution is -2.09. The highest BCUT2D eigenvalue weighted by Gasteiger charge is 2.19. The number of rotatable bonds is 6. The van der Waals surface area contributed by atoms with E-state index in [0.717, 1.165) is 15.6 Å². The van der Waals surface area contributed by atoms with Gasteiger partial charge in [-0.1, -0.05) is 18.2 Å². The van der Waals surface area contributed by atoms with Crippen LogP contribution in [0.1, 0.15) is 23.7 Å². The highest BCUT2D eigenvalue weighted by Crippen LogP contribution is 2.33. The second-order valence-electron chi connectivity index (χ2n) is 3.36. The van der Waals surface area contributed by atoms with Gasteiger partial charge < -0.3 is 18.9 Å². The Kier molecular flexibility index (Phi) is 6.08. The maximum absolute atomic E-state index is 5.23. The molecule has 4 nitrogen and oxygen atoms in total. The lowest BCUT2D eigenvalue weighted by Gasteiger charge is -2.20. The van der Waals surface area contributed by atoms with E-state index in [4.69, 9.17) is 18.9 Å². The van der Waals surface area contributed by atoms with E-state index in [1.807, 2.05) is 18.2 Å². The van der Waals surface area contributed by atoms with E-state index in [0.29, 0.717) is 0 Å². The maximum atomic E-state index is 5.23. The zero-order valence-electron chi connectivity index (χ0n) is 10.4. The minimum Gasteiger partial charge on any atom is -0.352 e. The van der Waals surface area contributed by atoms with Crippen molar-refractivity contribution >= 4 is 15.9 Å². The average Bonchev–Trinajstić information content (AvgIpc) is 2.36. The number of benzene rings is 1. The van der Waals surface area contributed by atoms with Crippen LogP contribution >= 0.6 is 15.9 Å². The van der Waals surface area contributed by atoms with Gasteiger partial charge >= 0.3 is 0 Å². The SMILES string of the molecule is COC(OC)c1cccc(C(OC)OC)c1Br. The zero-order chi connectivity index (χ0) is 12.8.